The molecule has 0 atom stereocenters. The number of hydrogen-bond acceptors (Lipinski definition) is 8. The van der Waals surface area contributed by atoms with Crippen LogP contribution in [0.2, 0.25) is 0 Å². The van der Waals surface area contributed by atoms with E-state index in [0.29, 0.717) is 17.1 Å². The summed E-state index contributed by atoms with van der Waals surface area (Å²) in [5.41, 5.74) is 0.756. The van der Waals surface area contributed by atoms with Crippen LogP contribution in [0, 0.1) is 6.92 Å². The number of aryl methyl sites for hydroxylation is 1. The second-order valence-corrected chi connectivity index (χ2v) is 3.48. The Morgan fingerprint density at radius 3 is 2.71 bits per heavy atom. The van der Waals surface area contributed by atoms with Gasteiger partial charge in [-0.25, -0.2) is 14.8 Å². The van der Waals surface area contributed by atoms with Gasteiger partial charge in [-0.05, 0) is 6.92 Å². The van der Waals surface area contributed by atoms with Crippen LogP contribution in [0.3, 0.4) is 0 Å². The molecule has 0 aliphatic heterocycles. The molecular weight excluding hydrogens is 353 g/mol. The van der Waals surface area contributed by atoms with Crippen LogP contribution in [0.1, 0.15) is 24.0 Å². The zero-order chi connectivity index (χ0) is 15.0. The minimum atomic E-state index is -0.661. The molecule has 111 valence electrons. The van der Waals surface area contributed by atoms with Gasteiger partial charge in [0, 0.05) is 38.9 Å². The van der Waals surface area contributed by atoms with E-state index in [1.165, 1.54) is 20.4 Å². The summed E-state index contributed by atoms with van der Waals surface area (Å²) in [5, 5.41) is 7.15. The van der Waals surface area contributed by atoms with Gasteiger partial charge >= 0.3 is 5.97 Å². The maximum atomic E-state index is 11.7. The van der Waals surface area contributed by atoms with Crippen LogP contribution < -0.4 is 0 Å². The van der Waals surface area contributed by atoms with Crippen LogP contribution in [0.4, 0.5) is 0 Å². The van der Waals surface area contributed by atoms with E-state index in [-0.39, 0.29) is 45.0 Å². The van der Waals surface area contributed by atoms with Gasteiger partial charge in [0.15, 0.2) is 12.3 Å². The zero-order valence-corrected chi connectivity index (χ0v) is 15.1. The molecule has 21 heavy (non-hydrogen) atoms. The molecule has 1 rings (SSSR count). The van der Waals surface area contributed by atoms with E-state index in [1.54, 1.807) is 13.8 Å². The van der Waals surface area contributed by atoms with Crippen molar-refractivity contribution in [1.82, 2.24) is 9.97 Å². The first-order valence-corrected chi connectivity index (χ1v) is 5.65. The molecule has 0 aromatic carbocycles. The van der Waals surface area contributed by atoms with Gasteiger partial charge in [-0.15, -0.1) is 0 Å². The van der Waals surface area contributed by atoms with E-state index in [1.807, 2.05) is 0 Å². The third kappa shape index (κ3) is 5.85. The van der Waals surface area contributed by atoms with Gasteiger partial charge in [0.1, 0.15) is 12.9 Å². The van der Waals surface area contributed by atoms with Crippen molar-refractivity contribution in [3.63, 3.8) is 0 Å². The molecule has 0 aliphatic rings. The molecule has 0 spiro atoms. The van der Waals surface area contributed by atoms with Crippen LogP contribution in [-0.4, -0.2) is 42.1 Å². The minimum Gasteiger partial charge on any atom is -0.464 e. The summed E-state index contributed by atoms with van der Waals surface area (Å²) in [6.07, 6.45) is 3.93. The third-order valence-corrected chi connectivity index (χ3v) is 2.16. The molecule has 1 radical (unpaired) electrons. The standard InChI is InChI=1S/C12H15N4O4.Y/c1-5-14-20-7-10-9(6-13-8(2)15-10)11(16-19-4)12(17)18-3;/h6H,7H2,1-4H3;/q-1;/b16-11+;. The second-order valence-electron chi connectivity index (χ2n) is 3.48. The summed E-state index contributed by atoms with van der Waals surface area (Å²) >= 11 is 0. The number of aromatic nitrogens is 2. The Morgan fingerprint density at radius 1 is 1.43 bits per heavy atom. The summed E-state index contributed by atoms with van der Waals surface area (Å²) in [6.45, 7) is 3.35. The largest absolute Gasteiger partial charge is 0.464 e. The number of hydrogen-bond donors (Lipinski definition) is 0. The summed E-state index contributed by atoms with van der Waals surface area (Å²) in [6, 6.07) is 0. The van der Waals surface area contributed by atoms with E-state index in [4.69, 9.17) is 4.84 Å². The Hall–Kier alpha value is -1.41. The molecule has 8 nitrogen and oxygen atoms in total. The van der Waals surface area contributed by atoms with Crippen molar-refractivity contribution in [2.24, 2.45) is 10.3 Å². The Morgan fingerprint density at radius 2 is 2.14 bits per heavy atom. The predicted octanol–water partition coefficient (Wildman–Crippen LogP) is 0.705. The van der Waals surface area contributed by atoms with Crippen molar-refractivity contribution in [2.45, 2.75) is 20.5 Å². The summed E-state index contributed by atoms with van der Waals surface area (Å²) in [4.78, 5) is 29.6. The van der Waals surface area contributed by atoms with Crippen LogP contribution in [0.25, 0.3) is 0 Å². The average molecular weight is 368 g/mol. The van der Waals surface area contributed by atoms with Gasteiger partial charge in [0.25, 0.3) is 0 Å². The molecule has 1 aromatic rings. The summed E-state index contributed by atoms with van der Waals surface area (Å²) in [7, 11) is 2.57. The third-order valence-electron chi connectivity index (χ3n) is 2.16. The SMILES string of the molecule is C[C-]=NOCc1nc(C)ncc1/C(=N\OC)C(=O)OC.[Y]. The van der Waals surface area contributed by atoms with Crippen molar-refractivity contribution >= 4 is 17.9 Å². The van der Waals surface area contributed by atoms with Gasteiger partial charge in [-0.3, -0.25) is 0 Å². The fourth-order valence-corrected chi connectivity index (χ4v) is 1.37. The first kappa shape index (κ1) is 19.6. The number of carbonyl (C=O) groups is 1. The van der Waals surface area contributed by atoms with Crippen molar-refractivity contribution in [3.8, 4) is 0 Å². The normalized spacial score (nSPS) is 11.0. The van der Waals surface area contributed by atoms with Gasteiger partial charge in [-0.2, -0.15) is 6.92 Å². The molecule has 1 heterocycles. The van der Waals surface area contributed by atoms with Crippen LogP contribution in [-0.2, 0) is 58.5 Å². The topological polar surface area (TPSA) is 95.3 Å². The summed E-state index contributed by atoms with van der Waals surface area (Å²) in [5.74, 6) is -0.135. The summed E-state index contributed by atoms with van der Waals surface area (Å²) < 4.78 is 4.65. The predicted molar refractivity (Wildman–Crippen MR) is 70.2 cm³/mol. The molecule has 0 aliphatic carbocycles. The molecule has 0 fully saturated rings. The van der Waals surface area contributed by atoms with Crippen molar-refractivity contribution < 1.29 is 51.9 Å². The van der Waals surface area contributed by atoms with Gasteiger partial charge < -0.3 is 25.8 Å². The first-order valence-electron chi connectivity index (χ1n) is 5.65. The van der Waals surface area contributed by atoms with Crippen molar-refractivity contribution in [3.05, 3.63) is 23.3 Å². The van der Waals surface area contributed by atoms with E-state index in [9.17, 15) is 4.79 Å². The first-order chi connectivity index (χ1) is 9.63. The molecule has 0 unspecified atom stereocenters. The number of methoxy groups -OCH3 is 1. The van der Waals surface area contributed by atoms with Crippen LogP contribution >= 0.6 is 0 Å². The van der Waals surface area contributed by atoms with Crippen LogP contribution in [0.5, 0.6) is 0 Å². The van der Waals surface area contributed by atoms with Gasteiger partial charge in [-0.1, -0.05) is 5.16 Å². The molecule has 0 bridgehead atoms. The maximum absolute atomic E-state index is 11.7. The monoisotopic (exact) mass is 368 g/mol. The molecular formula is C12H15N4O4Y-. The molecule has 1 aromatic heterocycles. The Bertz CT molecular complexity index is 534. The minimum absolute atomic E-state index is 0. The molecule has 9 heteroatoms. The van der Waals surface area contributed by atoms with E-state index in [2.05, 4.69) is 36.1 Å². The number of esters is 1. The van der Waals surface area contributed by atoms with Crippen molar-refractivity contribution in [1.29, 1.82) is 0 Å². The quantitative estimate of drug-likeness (QED) is 0.318. The Balaban J connectivity index is 0.00000400. The van der Waals surface area contributed by atoms with E-state index < -0.39 is 5.97 Å². The number of nitrogens with zero attached hydrogens (tertiary/aromatic N) is 4. The number of oxime groups is 1. The Kier molecular flexibility index (Phi) is 9.65. The van der Waals surface area contributed by atoms with Gasteiger partial charge in [0.05, 0.1) is 18.4 Å². The molecule has 0 N–H and O–H groups in total. The molecule has 0 saturated carbocycles. The molecule has 0 saturated heterocycles. The molecule has 0 amide bonds. The second kappa shape index (κ2) is 10.3. The zero-order valence-electron chi connectivity index (χ0n) is 12.3. The van der Waals surface area contributed by atoms with E-state index in [0.717, 1.165) is 0 Å². The smallest absolute Gasteiger partial charge is 0.360 e. The fraction of sp³-hybridized carbons (Fsp3) is 0.417. The van der Waals surface area contributed by atoms with Gasteiger partial charge in [0.2, 0.25) is 0 Å². The maximum Gasteiger partial charge on any atom is 0.360 e. The Labute approximate surface area is 147 Å². The van der Waals surface area contributed by atoms with Crippen LogP contribution in [0.15, 0.2) is 16.5 Å². The fourth-order valence-electron chi connectivity index (χ4n) is 1.37. The van der Waals surface area contributed by atoms with E-state index >= 15 is 0 Å². The number of carbonyl (C=O) groups excluding carboxylic acids is 1. The van der Waals surface area contributed by atoms with Crippen molar-refractivity contribution in [2.75, 3.05) is 14.2 Å². The number of ether oxygens (including phenoxy) is 1. The number of rotatable bonds is 6. The average Bonchev–Trinajstić information content (AvgIpc) is 2.45.